The van der Waals surface area contributed by atoms with Crippen molar-refractivity contribution < 1.29 is 0 Å². The summed E-state index contributed by atoms with van der Waals surface area (Å²) in [5.74, 6) is 1.99. The Balaban J connectivity index is 2.32. The molecule has 0 aromatic rings. The minimum Gasteiger partial charge on any atom is -0.0648 e. The maximum Gasteiger partial charge on any atom is -0.0266 e. The molecule has 0 aromatic carbocycles. The first-order valence-corrected chi connectivity index (χ1v) is 5.53. The quantitative estimate of drug-likeness (QED) is 0.555. The summed E-state index contributed by atoms with van der Waals surface area (Å²) < 4.78 is 0. The van der Waals surface area contributed by atoms with Crippen LogP contribution in [-0.2, 0) is 0 Å². The van der Waals surface area contributed by atoms with E-state index in [0.29, 0.717) is 5.41 Å². The molecule has 12 heavy (non-hydrogen) atoms. The fourth-order valence-electron chi connectivity index (χ4n) is 3.95. The minimum absolute atomic E-state index is 0.633. The van der Waals surface area contributed by atoms with Gasteiger partial charge in [0.15, 0.2) is 0 Å². The van der Waals surface area contributed by atoms with E-state index in [-0.39, 0.29) is 0 Å². The third-order valence-electron chi connectivity index (χ3n) is 5.43. The van der Waals surface area contributed by atoms with Gasteiger partial charge in [-0.15, -0.1) is 0 Å². The molecule has 0 saturated heterocycles. The third kappa shape index (κ3) is 0.791. The zero-order valence-electron chi connectivity index (χ0n) is 8.98. The fraction of sp³-hybridized carbons (Fsp3) is 1.00. The normalized spacial score (nSPS) is 50.0. The Morgan fingerprint density at radius 1 is 1.33 bits per heavy atom. The molecule has 0 amide bonds. The van der Waals surface area contributed by atoms with Gasteiger partial charge in [0.2, 0.25) is 0 Å². The second-order valence-electron chi connectivity index (χ2n) is 5.70. The van der Waals surface area contributed by atoms with E-state index in [9.17, 15) is 0 Å². The van der Waals surface area contributed by atoms with Gasteiger partial charge in [0.25, 0.3) is 0 Å². The SMILES string of the molecule is CCC12CCC(C1)C(C)(C)[C@@H]2C. The maximum atomic E-state index is 2.49. The van der Waals surface area contributed by atoms with E-state index in [1.54, 1.807) is 0 Å². The molecule has 0 radical (unpaired) electrons. The molecule has 0 spiro atoms. The molecule has 2 saturated carbocycles. The van der Waals surface area contributed by atoms with Gasteiger partial charge < -0.3 is 0 Å². The van der Waals surface area contributed by atoms with Crippen molar-refractivity contribution in [3.05, 3.63) is 0 Å². The van der Waals surface area contributed by atoms with E-state index in [1.807, 2.05) is 0 Å². The summed E-state index contributed by atoms with van der Waals surface area (Å²) in [5, 5.41) is 0. The second kappa shape index (κ2) is 2.27. The highest BCUT2D eigenvalue weighted by molar-refractivity contribution is 5.07. The lowest BCUT2D eigenvalue weighted by Gasteiger charge is -2.42. The van der Waals surface area contributed by atoms with Crippen molar-refractivity contribution in [2.24, 2.45) is 22.7 Å². The van der Waals surface area contributed by atoms with Crippen LogP contribution in [-0.4, -0.2) is 0 Å². The van der Waals surface area contributed by atoms with Crippen molar-refractivity contribution in [1.29, 1.82) is 0 Å². The predicted molar refractivity (Wildman–Crippen MR) is 53.0 cm³/mol. The molecule has 2 unspecified atom stereocenters. The molecule has 0 nitrogen and oxygen atoms in total. The van der Waals surface area contributed by atoms with Crippen molar-refractivity contribution >= 4 is 0 Å². The Bertz CT molecular complexity index is 192. The Morgan fingerprint density at radius 3 is 2.33 bits per heavy atom. The van der Waals surface area contributed by atoms with Crippen LogP contribution in [0.5, 0.6) is 0 Å². The summed E-state index contributed by atoms with van der Waals surface area (Å²) in [5.41, 5.74) is 1.38. The van der Waals surface area contributed by atoms with Crippen molar-refractivity contribution in [3.63, 3.8) is 0 Å². The molecule has 2 rings (SSSR count). The Morgan fingerprint density at radius 2 is 2.00 bits per heavy atom. The lowest BCUT2D eigenvalue weighted by atomic mass is 9.63. The average molecular weight is 166 g/mol. The number of hydrogen-bond acceptors (Lipinski definition) is 0. The van der Waals surface area contributed by atoms with Crippen LogP contribution in [0.25, 0.3) is 0 Å². The molecule has 2 aliphatic carbocycles. The predicted octanol–water partition coefficient (Wildman–Crippen LogP) is 3.86. The summed E-state index contributed by atoms with van der Waals surface area (Å²) in [4.78, 5) is 0. The largest absolute Gasteiger partial charge is 0.0648 e. The standard InChI is InChI=1S/C12H22/c1-5-12-7-6-10(8-12)11(3,4)9(12)2/h9-10H,5-8H2,1-4H3/t9-,10?,12?/m0/s1. The van der Waals surface area contributed by atoms with Gasteiger partial charge in [-0.05, 0) is 41.9 Å². The van der Waals surface area contributed by atoms with Crippen molar-refractivity contribution in [2.45, 2.75) is 53.4 Å². The fourth-order valence-corrected chi connectivity index (χ4v) is 3.95. The number of rotatable bonds is 1. The highest BCUT2D eigenvalue weighted by atomic mass is 14.6. The lowest BCUT2D eigenvalue weighted by molar-refractivity contribution is 0.0756. The topological polar surface area (TPSA) is 0 Å². The van der Waals surface area contributed by atoms with Crippen LogP contribution in [0.1, 0.15) is 53.4 Å². The van der Waals surface area contributed by atoms with E-state index < -0.39 is 0 Å². The lowest BCUT2D eigenvalue weighted by Crippen LogP contribution is -2.34. The molecule has 2 aliphatic rings. The molecule has 2 fully saturated rings. The van der Waals surface area contributed by atoms with Crippen LogP contribution >= 0.6 is 0 Å². The first-order valence-electron chi connectivity index (χ1n) is 5.53. The van der Waals surface area contributed by atoms with Gasteiger partial charge in [0, 0.05) is 0 Å². The van der Waals surface area contributed by atoms with E-state index in [1.165, 1.54) is 25.7 Å². The summed E-state index contributed by atoms with van der Waals surface area (Å²) in [6, 6.07) is 0. The molecular formula is C12H22. The molecule has 0 N–H and O–H groups in total. The van der Waals surface area contributed by atoms with E-state index in [4.69, 9.17) is 0 Å². The van der Waals surface area contributed by atoms with E-state index in [0.717, 1.165) is 17.3 Å². The summed E-state index contributed by atoms with van der Waals surface area (Å²) in [6.45, 7) is 9.85. The van der Waals surface area contributed by atoms with Crippen LogP contribution in [0.3, 0.4) is 0 Å². The van der Waals surface area contributed by atoms with E-state index in [2.05, 4.69) is 27.7 Å². The molecular weight excluding hydrogens is 144 g/mol. The summed E-state index contributed by atoms with van der Waals surface area (Å²) >= 11 is 0. The molecule has 2 bridgehead atoms. The average Bonchev–Trinajstić information content (AvgIpc) is 2.53. The molecule has 70 valence electrons. The maximum absolute atomic E-state index is 2.49. The molecule has 0 aromatic heterocycles. The van der Waals surface area contributed by atoms with Gasteiger partial charge in [0.1, 0.15) is 0 Å². The van der Waals surface area contributed by atoms with Crippen LogP contribution in [0, 0.1) is 22.7 Å². The highest BCUT2D eigenvalue weighted by Crippen LogP contribution is 2.67. The molecule has 3 atom stereocenters. The summed E-state index contributed by atoms with van der Waals surface area (Å²) in [6.07, 6.45) is 5.95. The number of hydrogen-bond donors (Lipinski definition) is 0. The Kier molecular flexibility index (Phi) is 1.63. The van der Waals surface area contributed by atoms with Gasteiger partial charge in [0.05, 0.1) is 0 Å². The highest BCUT2D eigenvalue weighted by Gasteiger charge is 2.58. The second-order valence-corrected chi connectivity index (χ2v) is 5.70. The van der Waals surface area contributed by atoms with Crippen molar-refractivity contribution in [2.75, 3.05) is 0 Å². The van der Waals surface area contributed by atoms with Gasteiger partial charge in [-0.25, -0.2) is 0 Å². The van der Waals surface area contributed by atoms with Gasteiger partial charge in [-0.1, -0.05) is 34.1 Å². The number of fused-ring (bicyclic) bond motifs is 2. The monoisotopic (exact) mass is 166 g/mol. The van der Waals surface area contributed by atoms with Crippen molar-refractivity contribution in [1.82, 2.24) is 0 Å². The summed E-state index contributed by atoms with van der Waals surface area (Å²) in [7, 11) is 0. The van der Waals surface area contributed by atoms with E-state index >= 15 is 0 Å². The van der Waals surface area contributed by atoms with Crippen molar-refractivity contribution in [3.8, 4) is 0 Å². The smallest absolute Gasteiger partial charge is 0.0266 e. The van der Waals surface area contributed by atoms with Crippen LogP contribution in [0.4, 0.5) is 0 Å². The Labute approximate surface area is 76.7 Å². The van der Waals surface area contributed by atoms with Crippen LogP contribution in [0.15, 0.2) is 0 Å². The molecule has 0 heterocycles. The zero-order chi connectivity index (χ0) is 8.98. The first-order chi connectivity index (χ1) is 5.53. The van der Waals surface area contributed by atoms with Crippen LogP contribution in [0.2, 0.25) is 0 Å². The van der Waals surface area contributed by atoms with Gasteiger partial charge in [-0.2, -0.15) is 0 Å². The molecule has 0 aliphatic heterocycles. The third-order valence-corrected chi connectivity index (χ3v) is 5.43. The molecule has 0 heteroatoms. The van der Waals surface area contributed by atoms with Crippen LogP contribution < -0.4 is 0 Å². The Hall–Kier alpha value is 0. The zero-order valence-corrected chi connectivity index (χ0v) is 8.98. The van der Waals surface area contributed by atoms with Gasteiger partial charge >= 0.3 is 0 Å². The first kappa shape index (κ1) is 8.59. The minimum atomic E-state index is 0.633. The van der Waals surface area contributed by atoms with Gasteiger partial charge in [-0.3, -0.25) is 0 Å².